The Morgan fingerprint density at radius 3 is 2.67 bits per heavy atom. The number of aromatic nitrogens is 1. The Kier molecular flexibility index (Phi) is 6.37. The molecule has 1 aromatic carbocycles. The van der Waals surface area contributed by atoms with Gasteiger partial charge in [-0.25, -0.2) is 4.79 Å². The van der Waals surface area contributed by atoms with E-state index in [0.717, 1.165) is 17.6 Å². The van der Waals surface area contributed by atoms with E-state index in [1.165, 1.54) is 24.8 Å². The highest BCUT2D eigenvalue weighted by molar-refractivity contribution is 5.86. The number of carbonyl (C=O) groups is 1. The van der Waals surface area contributed by atoms with Gasteiger partial charge >= 0.3 is 5.97 Å². The second-order valence-electron chi connectivity index (χ2n) is 5.31. The molecule has 0 bridgehead atoms. The third-order valence-corrected chi connectivity index (χ3v) is 3.56. The molecule has 0 unspecified atom stereocenters. The second-order valence-corrected chi connectivity index (χ2v) is 5.31. The molecule has 0 saturated carbocycles. The van der Waals surface area contributed by atoms with E-state index in [1.807, 2.05) is 18.2 Å². The molecule has 1 aromatic heterocycles. The van der Waals surface area contributed by atoms with Gasteiger partial charge in [0.05, 0.1) is 13.7 Å². The lowest BCUT2D eigenvalue weighted by Gasteiger charge is -2.11. The van der Waals surface area contributed by atoms with Gasteiger partial charge < -0.3 is 14.7 Å². The van der Waals surface area contributed by atoms with Crippen molar-refractivity contribution in [2.24, 2.45) is 0 Å². The van der Waals surface area contributed by atoms with Crippen LogP contribution in [0.4, 0.5) is 0 Å². The van der Waals surface area contributed by atoms with E-state index in [-0.39, 0.29) is 0 Å². The maximum Gasteiger partial charge on any atom is 0.330 e. The first-order chi connectivity index (χ1) is 11.6. The quantitative estimate of drug-likeness (QED) is 0.258. The van der Waals surface area contributed by atoms with Crippen LogP contribution in [0.15, 0.2) is 48.5 Å². The molecule has 0 saturated heterocycles. The number of carbonyl (C=O) groups excluding carboxylic acids is 1. The number of methoxy groups -OCH3 is 1. The summed E-state index contributed by atoms with van der Waals surface area (Å²) in [6.45, 7) is 2.18. The summed E-state index contributed by atoms with van der Waals surface area (Å²) in [4.78, 5) is 11.2. The van der Waals surface area contributed by atoms with E-state index in [4.69, 9.17) is 4.74 Å². The highest BCUT2D eigenvalue weighted by atomic mass is 16.5. The maximum atomic E-state index is 12.2. The molecule has 0 radical (unpaired) electrons. The number of pyridine rings is 1. The van der Waals surface area contributed by atoms with E-state index in [0.29, 0.717) is 23.7 Å². The Bertz CT molecular complexity index is 711. The van der Waals surface area contributed by atoms with Crippen LogP contribution in [0.25, 0.3) is 6.08 Å². The lowest BCUT2D eigenvalue weighted by molar-refractivity contribution is -0.614. The largest absolute Gasteiger partial charge is 0.618 e. The van der Waals surface area contributed by atoms with Crippen LogP contribution >= 0.6 is 0 Å². The number of rotatable bonds is 7. The molecule has 0 N–H and O–H groups in total. The van der Waals surface area contributed by atoms with Gasteiger partial charge in [0, 0.05) is 25.1 Å². The van der Waals surface area contributed by atoms with E-state index in [1.54, 1.807) is 19.1 Å². The number of nitrogens with zero attached hydrogens (tertiary/aromatic N) is 1. The zero-order valence-electron chi connectivity index (χ0n) is 13.9. The topological polar surface area (TPSA) is 62.5 Å². The van der Waals surface area contributed by atoms with Crippen LogP contribution in [0.5, 0.6) is 5.75 Å². The minimum absolute atomic E-state index is 0.292. The van der Waals surface area contributed by atoms with Gasteiger partial charge in [-0.05, 0) is 24.5 Å². The first-order valence-corrected chi connectivity index (χ1v) is 7.77. The fraction of sp³-hybridized carbons (Fsp3) is 0.263. The summed E-state index contributed by atoms with van der Waals surface area (Å²) >= 11 is 0. The predicted molar refractivity (Wildman–Crippen MR) is 91.4 cm³/mol. The van der Waals surface area contributed by atoms with E-state index >= 15 is 0 Å². The van der Waals surface area contributed by atoms with Crippen LogP contribution in [0.2, 0.25) is 0 Å². The number of aryl methyl sites for hydroxylation is 2. The lowest BCUT2D eigenvalue weighted by Crippen LogP contribution is -2.34. The van der Waals surface area contributed by atoms with Gasteiger partial charge in [-0.15, -0.1) is 0 Å². The molecule has 0 aliphatic heterocycles. The summed E-state index contributed by atoms with van der Waals surface area (Å²) in [5, 5.41) is 12.2. The summed E-state index contributed by atoms with van der Waals surface area (Å²) in [5.74, 6) is -0.0738. The van der Waals surface area contributed by atoms with Crippen LogP contribution < -0.4 is 9.47 Å². The molecule has 0 amide bonds. The Hall–Kier alpha value is -2.82. The summed E-state index contributed by atoms with van der Waals surface area (Å²) in [6.07, 6.45) is 4.35. The molecule has 126 valence electrons. The highest BCUT2D eigenvalue weighted by Crippen LogP contribution is 2.17. The van der Waals surface area contributed by atoms with Gasteiger partial charge in [-0.2, -0.15) is 4.73 Å². The summed E-state index contributed by atoms with van der Waals surface area (Å²) < 4.78 is 11.0. The Morgan fingerprint density at radius 2 is 1.96 bits per heavy atom. The van der Waals surface area contributed by atoms with Gasteiger partial charge in [0.25, 0.3) is 5.69 Å². The van der Waals surface area contributed by atoms with Crippen molar-refractivity contribution in [3.05, 3.63) is 70.7 Å². The van der Waals surface area contributed by atoms with Crippen molar-refractivity contribution >= 4 is 12.0 Å². The molecule has 0 spiro atoms. The zero-order valence-corrected chi connectivity index (χ0v) is 13.9. The molecule has 0 fully saturated rings. The van der Waals surface area contributed by atoms with Crippen molar-refractivity contribution < 1.29 is 19.0 Å². The Labute approximate surface area is 141 Å². The number of esters is 1. The maximum absolute atomic E-state index is 12.2. The average Bonchev–Trinajstić information content (AvgIpc) is 2.61. The third kappa shape index (κ3) is 4.84. The van der Waals surface area contributed by atoms with Gasteiger partial charge in [-0.3, -0.25) is 0 Å². The van der Waals surface area contributed by atoms with Gasteiger partial charge in [0.15, 0.2) is 11.4 Å². The molecule has 2 aromatic rings. The molecule has 5 nitrogen and oxygen atoms in total. The smallest absolute Gasteiger partial charge is 0.330 e. The number of hydrogen-bond acceptors (Lipinski definition) is 4. The van der Waals surface area contributed by atoms with E-state index < -0.39 is 5.97 Å². The fourth-order valence-electron chi connectivity index (χ4n) is 2.23. The molecular weight excluding hydrogens is 306 g/mol. The molecule has 0 aliphatic rings. The monoisotopic (exact) mass is 327 g/mol. The van der Waals surface area contributed by atoms with Crippen molar-refractivity contribution in [1.82, 2.24) is 0 Å². The Balaban J connectivity index is 2.02. The third-order valence-electron chi connectivity index (χ3n) is 3.56. The van der Waals surface area contributed by atoms with Crippen molar-refractivity contribution in [2.75, 3.05) is 13.7 Å². The molecule has 2 rings (SSSR count). The van der Waals surface area contributed by atoms with Crippen molar-refractivity contribution in [3.63, 3.8) is 0 Å². The molecule has 0 atom stereocenters. The first kappa shape index (κ1) is 17.5. The van der Waals surface area contributed by atoms with Crippen LogP contribution in [0.1, 0.15) is 23.4 Å². The Morgan fingerprint density at radius 1 is 1.21 bits per heavy atom. The SMILES string of the molecule is COC(=O)/C=C/c1c(OCCCc2ccccc2)ccc(C)[n+]1[O-]. The molecular formula is C19H21NO4. The highest BCUT2D eigenvalue weighted by Gasteiger charge is 2.14. The standard InChI is InChI=1S/C19H21NO4/c1-15-10-12-18(17(20(15)22)11-13-19(21)23-2)24-14-6-9-16-7-4-3-5-8-16/h3-5,7-8,10-13H,6,9,14H2,1-2H3/b13-11+. The molecule has 24 heavy (non-hydrogen) atoms. The minimum Gasteiger partial charge on any atom is -0.618 e. The summed E-state index contributed by atoms with van der Waals surface area (Å²) in [6, 6.07) is 13.6. The number of ether oxygens (including phenoxy) is 2. The normalized spacial score (nSPS) is 10.8. The predicted octanol–water partition coefficient (Wildman–Crippen LogP) is 2.83. The van der Waals surface area contributed by atoms with Crippen LogP contribution in [0, 0.1) is 12.1 Å². The van der Waals surface area contributed by atoms with Crippen LogP contribution in [-0.2, 0) is 16.0 Å². The molecule has 5 heteroatoms. The van der Waals surface area contributed by atoms with E-state index in [2.05, 4.69) is 16.9 Å². The van der Waals surface area contributed by atoms with Gasteiger partial charge in [0.1, 0.15) is 0 Å². The zero-order chi connectivity index (χ0) is 17.4. The first-order valence-electron chi connectivity index (χ1n) is 7.77. The van der Waals surface area contributed by atoms with Crippen LogP contribution in [0.3, 0.4) is 0 Å². The number of benzene rings is 1. The minimum atomic E-state index is -0.522. The molecule has 1 heterocycles. The van der Waals surface area contributed by atoms with Gasteiger partial charge in [0.2, 0.25) is 0 Å². The van der Waals surface area contributed by atoms with Crippen molar-refractivity contribution in [3.8, 4) is 5.75 Å². The lowest BCUT2D eigenvalue weighted by atomic mass is 10.1. The average molecular weight is 327 g/mol. The second kappa shape index (κ2) is 8.72. The van der Waals surface area contributed by atoms with Crippen molar-refractivity contribution in [1.29, 1.82) is 0 Å². The summed E-state index contributed by atoms with van der Waals surface area (Å²) in [7, 11) is 1.29. The number of hydrogen-bond donors (Lipinski definition) is 0. The summed E-state index contributed by atoms with van der Waals surface area (Å²) in [5.41, 5.74) is 2.06. The fourth-order valence-corrected chi connectivity index (χ4v) is 2.23. The van der Waals surface area contributed by atoms with Crippen LogP contribution in [-0.4, -0.2) is 19.7 Å². The van der Waals surface area contributed by atoms with Crippen molar-refractivity contribution in [2.45, 2.75) is 19.8 Å². The molecule has 0 aliphatic carbocycles. The van der Waals surface area contributed by atoms with E-state index in [9.17, 15) is 10.0 Å². The van der Waals surface area contributed by atoms with Gasteiger partial charge in [-0.1, -0.05) is 30.3 Å².